The molecule has 1 unspecified atom stereocenters. The fourth-order valence-corrected chi connectivity index (χ4v) is 2.36. The van der Waals surface area contributed by atoms with E-state index in [1.54, 1.807) is 6.92 Å². The monoisotopic (exact) mass is 354 g/mol. The number of aliphatic hydroxyl groups excluding tert-OH is 1. The zero-order valence-corrected chi connectivity index (χ0v) is 14.9. The van der Waals surface area contributed by atoms with Crippen molar-refractivity contribution in [3.63, 3.8) is 0 Å². The van der Waals surface area contributed by atoms with Gasteiger partial charge in [-0.1, -0.05) is 0 Å². The molecule has 1 atom stereocenters. The van der Waals surface area contributed by atoms with Crippen molar-refractivity contribution in [2.45, 2.75) is 45.3 Å². The lowest BCUT2D eigenvalue weighted by Gasteiger charge is -2.23. The number of esters is 1. The Labute approximate surface area is 147 Å². The molecule has 0 amide bonds. The van der Waals surface area contributed by atoms with Crippen LogP contribution < -0.4 is 0 Å². The fourth-order valence-electron chi connectivity index (χ4n) is 2.36. The first-order valence-electron chi connectivity index (χ1n) is 8.10. The van der Waals surface area contributed by atoms with Gasteiger partial charge in [-0.15, -0.1) is 0 Å². The van der Waals surface area contributed by atoms with Crippen LogP contribution in [0.15, 0.2) is 6.20 Å². The van der Waals surface area contributed by atoms with E-state index in [0.717, 1.165) is 0 Å². The van der Waals surface area contributed by atoms with Crippen LogP contribution in [-0.2, 0) is 20.9 Å². The standard InChI is InChI=1S/C17H26N2O6/c1-11-17(24)13(10-20)12(9-18-11)14(7-8-19(2)3)25-16(23)6-4-5-15(21)22/h9,14,20,24H,4-8,10H2,1-3H3,(H,21,22). The largest absolute Gasteiger partial charge is 0.506 e. The molecule has 0 saturated carbocycles. The molecule has 0 spiro atoms. The van der Waals surface area contributed by atoms with Gasteiger partial charge >= 0.3 is 11.9 Å². The summed E-state index contributed by atoms with van der Waals surface area (Å²) in [5.41, 5.74) is 1.13. The van der Waals surface area contributed by atoms with E-state index in [0.29, 0.717) is 24.2 Å². The molecule has 0 aliphatic carbocycles. The highest BCUT2D eigenvalue weighted by Crippen LogP contribution is 2.32. The van der Waals surface area contributed by atoms with E-state index >= 15 is 0 Å². The van der Waals surface area contributed by atoms with Crippen molar-refractivity contribution in [1.82, 2.24) is 9.88 Å². The number of carboxylic acid groups (broad SMARTS) is 1. The first-order chi connectivity index (χ1) is 11.8. The van der Waals surface area contributed by atoms with Crippen molar-refractivity contribution in [2.75, 3.05) is 20.6 Å². The third kappa shape index (κ3) is 6.67. The highest BCUT2D eigenvalue weighted by molar-refractivity contribution is 5.71. The number of aromatic hydroxyl groups is 1. The Morgan fingerprint density at radius 2 is 2.00 bits per heavy atom. The van der Waals surface area contributed by atoms with Gasteiger partial charge in [0.1, 0.15) is 11.9 Å². The minimum atomic E-state index is -0.966. The summed E-state index contributed by atoms with van der Waals surface area (Å²) >= 11 is 0. The van der Waals surface area contributed by atoms with Crippen LogP contribution in [0, 0.1) is 6.92 Å². The molecular weight excluding hydrogens is 328 g/mol. The maximum atomic E-state index is 12.0. The second kappa shape index (κ2) is 9.95. The van der Waals surface area contributed by atoms with Crippen LogP contribution in [0.5, 0.6) is 5.75 Å². The van der Waals surface area contributed by atoms with Crippen molar-refractivity contribution in [1.29, 1.82) is 0 Å². The number of aliphatic hydroxyl groups is 1. The van der Waals surface area contributed by atoms with E-state index in [1.807, 2.05) is 19.0 Å². The maximum absolute atomic E-state index is 12.0. The summed E-state index contributed by atoms with van der Waals surface area (Å²) in [5.74, 6) is -1.60. The molecule has 8 heteroatoms. The van der Waals surface area contributed by atoms with Crippen LogP contribution in [-0.4, -0.2) is 57.8 Å². The van der Waals surface area contributed by atoms with Crippen LogP contribution in [0.1, 0.15) is 48.6 Å². The van der Waals surface area contributed by atoms with Gasteiger partial charge in [-0.05, 0) is 27.4 Å². The van der Waals surface area contributed by atoms with Crippen molar-refractivity contribution < 1.29 is 29.6 Å². The lowest BCUT2D eigenvalue weighted by Crippen LogP contribution is -2.20. The number of nitrogens with zero attached hydrogens (tertiary/aromatic N) is 2. The number of hydrogen-bond donors (Lipinski definition) is 3. The number of hydrogen-bond acceptors (Lipinski definition) is 7. The third-order valence-electron chi connectivity index (χ3n) is 3.76. The first-order valence-corrected chi connectivity index (χ1v) is 8.10. The Balaban J connectivity index is 2.95. The molecule has 0 radical (unpaired) electrons. The average Bonchev–Trinajstić information content (AvgIpc) is 2.53. The smallest absolute Gasteiger partial charge is 0.306 e. The predicted octanol–water partition coefficient (Wildman–Crippen LogP) is 1.38. The lowest BCUT2D eigenvalue weighted by atomic mass is 10.0. The van der Waals surface area contributed by atoms with Crippen LogP contribution in [0.2, 0.25) is 0 Å². The van der Waals surface area contributed by atoms with Gasteiger partial charge in [0, 0.05) is 43.1 Å². The quantitative estimate of drug-likeness (QED) is 0.539. The molecule has 3 N–H and O–H groups in total. The number of aryl methyl sites for hydroxylation is 1. The summed E-state index contributed by atoms with van der Waals surface area (Å²) < 4.78 is 5.49. The lowest BCUT2D eigenvalue weighted by molar-refractivity contribution is -0.150. The normalized spacial score (nSPS) is 12.2. The van der Waals surface area contributed by atoms with Gasteiger partial charge in [-0.3, -0.25) is 14.6 Å². The Kier molecular flexibility index (Phi) is 8.30. The van der Waals surface area contributed by atoms with Gasteiger partial charge in [-0.2, -0.15) is 0 Å². The number of carbonyl (C=O) groups is 2. The zero-order chi connectivity index (χ0) is 19.0. The number of carbonyl (C=O) groups excluding carboxylic acids is 1. The Morgan fingerprint density at radius 1 is 1.32 bits per heavy atom. The molecule has 0 saturated heterocycles. The molecule has 140 valence electrons. The van der Waals surface area contributed by atoms with Gasteiger partial charge in [0.25, 0.3) is 0 Å². The minimum Gasteiger partial charge on any atom is -0.506 e. The zero-order valence-electron chi connectivity index (χ0n) is 14.9. The number of ether oxygens (including phenoxy) is 1. The predicted molar refractivity (Wildman–Crippen MR) is 90.1 cm³/mol. The van der Waals surface area contributed by atoms with Crippen molar-refractivity contribution >= 4 is 11.9 Å². The second-order valence-corrected chi connectivity index (χ2v) is 6.10. The number of carboxylic acids is 1. The van der Waals surface area contributed by atoms with Gasteiger partial charge < -0.3 is 25.0 Å². The van der Waals surface area contributed by atoms with Gasteiger partial charge in [-0.25, -0.2) is 0 Å². The summed E-state index contributed by atoms with van der Waals surface area (Å²) in [7, 11) is 3.76. The summed E-state index contributed by atoms with van der Waals surface area (Å²) in [5, 5.41) is 28.3. The molecule has 1 heterocycles. The molecule has 1 aromatic rings. The number of aromatic nitrogens is 1. The van der Waals surface area contributed by atoms with Gasteiger partial charge in [0.15, 0.2) is 0 Å². The third-order valence-corrected chi connectivity index (χ3v) is 3.76. The highest BCUT2D eigenvalue weighted by atomic mass is 16.5. The molecule has 0 aromatic carbocycles. The van der Waals surface area contributed by atoms with E-state index < -0.39 is 24.6 Å². The maximum Gasteiger partial charge on any atom is 0.306 e. The highest BCUT2D eigenvalue weighted by Gasteiger charge is 2.23. The first kappa shape index (κ1) is 20.9. The van der Waals surface area contributed by atoms with Crippen LogP contribution in [0.3, 0.4) is 0 Å². The average molecular weight is 354 g/mol. The van der Waals surface area contributed by atoms with Crippen molar-refractivity contribution in [3.05, 3.63) is 23.0 Å². The van der Waals surface area contributed by atoms with Crippen LogP contribution >= 0.6 is 0 Å². The van der Waals surface area contributed by atoms with Gasteiger partial charge in [0.2, 0.25) is 0 Å². The summed E-state index contributed by atoms with van der Waals surface area (Å²) in [6.07, 6.45) is 1.34. The fraction of sp³-hybridized carbons (Fsp3) is 0.588. The minimum absolute atomic E-state index is 0.00943. The molecule has 8 nitrogen and oxygen atoms in total. The number of pyridine rings is 1. The van der Waals surface area contributed by atoms with E-state index in [4.69, 9.17) is 9.84 Å². The van der Waals surface area contributed by atoms with Crippen LogP contribution in [0.4, 0.5) is 0 Å². The van der Waals surface area contributed by atoms with Crippen molar-refractivity contribution in [2.24, 2.45) is 0 Å². The molecule has 0 aliphatic heterocycles. The second-order valence-electron chi connectivity index (χ2n) is 6.10. The van der Waals surface area contributed by atoms with E-state index in [1.165, 1.54) is 6.20 Å². The molecule has 1 rings (SSSR count). The summed E-state index contributed by atoms with van der Waals surface area (Å²) in [4.78, 5) is 28.6. The number of aliphatic carboxylic acids is 1. The van der Waals surface area contributed by atoms with Crippen LogP contribution in [0.25, 0.3) is 0 Å². The molecular formula is C17H26N2O6. The van der Waals surface area contributed by atoms with E-state index in [9.17, 15) is 19.8 Å². The molecule has 0 bridgehead atoms. The summed E-state index contributed by atoms with van der Waals surface area (Å²) in [6.45, 7) is 1.83. The summed E-state index contributed by atoms with van der Waals surface area (Å²) in [6, 6.07) is 0. The molecule has 0 fully saturated rings. The topological polar surface area (TPSA) is 120 Å². The van der Waals surface area contributed by atoms with E-state index in [-0.39, 0.29) is 30.6 Å². The van der Waals surface area contributed by atoms with Gasteiger partial charge in [0.05, 0.1) is 12.3 Å². The molecule has 25 heavy (non-hydrogen) atoms. The van der Waals surface area contributed by atoms with Crippen molar-refractivity contribution in [3.8, 4) is 5.75 Å². The Bertz CT molecular complexity index is 603. The molecule has 0 aliphatic rings. The molecule has 1 aromatic heterocycles. The number of rotatable bonds is 10. The Hall–Kier alpha value is -2.19. The van der Waals surface area contributed by atoms with E-state index in [2.05, 4.69) is 4.98 Å². The SMILES string of the molecule is Cc1ncc(C(CCN(C)C)OC(=O)CCCC(=O)O)c(CO)c1O. The Morgan fingerprint density at radius 3 is 2.56 bits per heavy atom.